The molecule has 0 amide bonds. The highest BCUT2D eigenvalue weighted by Crippen LogP contribution is 2.35. The maximum atomic E-state index is 10.8. The quantitative estimate of drug-likeness (QED) is 0.490. The molecule has 2 aromatic carbocycles. The Morgan fingerprint density at radius 2 is 2.00 bits per heavy atom. The average molecular weight is 267 g/mol. The summed E-state index contributed by atoms with van der Waals surface area (Å²) in [6.07, 6.45) is 0. The van der Waals surface area contributed by atoms with Crippen molar-refractivity contribution < 1.29 is 4.92 Å². The van der Waals surface area contributed by atoms with E-state index in [1.165, 1.54) is 6.07 Å². The molecule has 76 valence electrons. The second-order valence-electron chi connectivity index (χ2n) is 3.09. The largest absolute Gasteiger partial charge is 0.398 e. The topological polar surface area (TPSA) is 69.2 Å². The van der Waals surface area contributed by atoms with Crippen LogP contribution in [0.1, 0.15) is 0 Å². The summed E-state index contributed by atoms with van der Waals surface area (Å²) in [7, 11) is 0. The Hall–Kier alpha value is -1.62. The van der Waals surface area contributed by atoms with Crippen LogP contribution in [0, 0.1) is 10.1 Å². The molecule has 0 heterocycles. The summed E-state index contributed by atoms with van der Waals surface area (Å²) in [4.78, 5) is 10.4. The molecule has 0 radical (unpaired) electrons. The van der Waals surface area contributed by atoms with Crippen molar-refractivity contribution in [2.24, 2.45) is 0 Å². The third-order valence-electron chi connectivity index (χ3n) is 2.20. The lowest BCUT2D eigenvalue weighted by molar-refractivity contribution is -0.383. The first kappa shape index (κ1) is 9.92. The van der Waals surface area contributed by atoms with Crippen LogP contribution in [-0.4, -0.2) is 4.92 Å². The van der Waals surface area contributed by atoms with Gasteiger partial charge in [0, 0.05) is 21.6 Å². The smallest absolute Gasteiger partial charge is 0.278 e. The predicted octanol–water partition coefficient (Wildman–Crippen LogP) is 3.09. The van der Waals surface area contributed by atoms with Crippen molar-refractivity contribution in [2.75, 3.05) is 5.73 Å². The van der Waals surface area contributed by atoms with Gasteiger partial charge < -0.3 is 5.73 Å². The molecule has 0 aliphatic carbocycles. The van der Waals surface area contributed by atoms with Crippen LogP contribution in [0.3, 0.4) is 0 Å². The van der Waals surface area contributed by atoms with Gasteiger partial charge in [-0.1, -0.05) is 12.1 Å². The first-order valence-corrected chi connectivity index (χ1v) is 5.01. The van der Waals surface area contributed by atoms with Crippen molar-refractivity contribution in [3.63, 3.8) is 0 Å². The summed E-state index contributed by atoms with van der Waals surface area (Å²) < 4.78 is 0.680. The second-order valence-corrected chi connectivity index (χ2v) is 3.95. The summed E-state index contributed by atoms with van der Waals surface area (Å²) in [5.41, 5.74) is 6.35. The molecule has 0 saturated carbocycles. The van der Waals surface area contributed by atoms with Crippen molar-refractivity contribution in [1.29, 1.82) is 0 Å². The Bertz CT molecular complexity index is 554. The number of non-ortho nitro benzene ring substituents is 1. The highest BCUT2D eigenvalue weighted by molar-refractivity contribution is 9.10. The molecule has 0 spiro atoms. The van der Waals surface area contributed by atoms with Crippen LogP contribution in [0.25, 0.3) is 10.8 Å². The molecule has 0 unspecified atom stereocenters. The monoisotopic (exact) mass is 266 g/mol. The molecule has 0 aliphatic heterocycles. The van der Waals surface area contributed by atoms with Crippen LogP contribution in [0.4, 0.5) is 11.4 Å². The van der Waals surface area contributed by atoms with E-state index in [0.717, 1.165) is 0 Å². The summed E-state index contributed by atoms with van der Waals surface area (Å²) in [5.74, 6) is 0. The molecule has 0 aromatic heterocycles. The Morgan fingerprint density at radius 3 is 2.67 bits per heavy atom. The fourth-order valence-corrected chi connectivity index (χ4v) is 2.09. The molecule has 0 atom stereocenters. The SMILES string of the molecule is Nc1ccc([N+](=O)[O-])c2c(Br)cccc12. The van der Waals surface area contributed by atoms with E-state index in [-0.39, 0.29) is 5.69 Å². The van der Waals surface area contributed by atoms with E-state index in [4.69, 9.17) is 5.73 Å². The molecule has 2 N–H and O–H groups in total. The number of halogens is 1. The van der Waals surface area contributed by atoms with Gasteiger partial charge in [0.05, 0.1) is 10.3 Å². The summed E-state index contributed by atoms with van der Waals surface area (Å²) >= 11 is 3.29. The van der Waals surface area contributed by atoms with Crippen molar-refractivity contribution in [3.05, 3.63) is 44.9 Å². The molecule has 5 heteroatoms. The standard InChI is InChI=1S/C10H7BrN2O2/c11-7-3-1-2-6-8(12)4-5-9(10(6)7)13(14)15/h1-5H,12H2. The number of nitrogens with zero attached hydrogens (tertiary/aromatic N) is 1. The van der Waals surface area contributed by atoms with E-state index in [1.807, 2.05) is 0 Å². The summed E-state index contributed by atoms with van der Waals surface area (Å²) in [5, 5.41) is 12.1. The van der Waals surface area contributed by atoms with Gasteiger partial charge >= 0.3 is 0 Å². The molecule has 0 bridgehead atoms. The lowest BCUT2D eigenvalue weighted by Gasteiger charge is -2.04. The van der Waals surface area contributed by atoms with Crippen LogP contribution in [0.5, 0.6) is 0 Å². The Labute approximate surface area is 94.0 Å². The predicted molar refractivity (Wildman–Crippen MR) is 62.7 cm³/mol. The van der Waals surface area contributed by atoms with E-state index < -0.39 is 4.92 Å². The minimum absolute atomic E-state index is 0.0617. The first-order chi connectivity index (χ1) is 7.11. The van der Waals surface area contributed by atoms with Gasteiger partial charge in [0.15, 0.2) is 0 Å². The Kier molecular flexibility index (Phi) is 2.32. The first-order valence-electron chi connectivity index (χ1n) is 4.22. The number of anilines is 1. The van der Waals surface area contributed by atoms with Gasteiger partial charge in [-0.2, -0.15) is 0 Å². The fourth-order valence-electron chi connectivity index (χ4n) is 1.52. The van der Waals surface area contributed by atoms with Crippen molar-refractivity contribution in [1.82, 2.24) is 0 Å². The summed E-state index contributed by atoms with van der Waals surface area (Å²) in [6, 6.07) is 8.29. The molecule has 15 heavy (non-hydrogen) atoms. The number of nitrogen functional groups attached to an aromatic ring is 1. The van der Waals surface area contributed by atoms with Gasteiger partial charge in [-0.05, 0) is 28.1 Å². The zero-order valence-corrected chi connectivity index (χ0v) is 9.19. The third-order valence-corrected chi connectivity index (χ3v) is 2.86. The van der Waals surface area contributed by atoms with Crippen LogP contribution in [0.2, 0.25) is 0 Å². The van der Waals surface area contributed by atoms with E-state index in [2.05, 4.69) is 15.9 Å². The lowest BCUT2D eigenvalue weighted by atomic mass is 10.1. The molecule has 4 nitrogen and oxygen atoms in total. The van der Waals surface area contributed by atoms with Gasteiger partial charge in [0.2, 0.25) is 0 Å². The zero-order valence-electron chi connectivity index (χ0n) is 7.61. The van der Waals surface area contributed by atoms with Gasteiger partial charge in [-0.25, -0.2) is 0 Å². The Balaban J connectivity index is 2.96. The van der Waals surface area contributed by atoms with Crippen molar-refractivity contribution in [3.8, 4) is 0 Å². The highest BCUT2D eigenvalue weighted by atomic mass is 79.9. The van der Waals surface area contributed by atoms with Gasteiger partial charge in [0.25, 0.3) is 5.69 Å². The van der Waals surface area contributed by atoms with Gasteiger partial charge in [-0.3, -0.25) is 10.1 Å². The highest BCUT2D eigenvalue weighted by Gasteiger charge is 2.15. The van der Waals surface area contributed by atoms with Crippen LogP contribution in [-0.2, 0) is 0 Å². The minimum Gasteiger partial charge on any atom is -0.398 e. The Morgan fingerprint density at radius 1 is 1.27 bits per heavy atom. The summed E-state index contributed by atoms with van der Waals surface area (Å²) in [6.45, 7) is 0. The van der Waals surface area contributed by atoms with E-state index >= 15 is 0 Å². The van der Waals surface area contributed by atoms with Crippen LogP contribution >= 0.6 is 15.9 Å². The minimum atomic E-state index is -0.410. The van der Waals surface area contributed by atoms with E-state index in [1.54, 1.807) is 24.3 Å². The molecule has 2 aromatic rings. The van der Waals surface area contributed by atoms with Gasteiger partial charge in [0.1, 0.15) is 0 Å². The normalized spacial score (nSPS) is 10.5. The number of benzene rings is 2. The number of rotatable bonds is 1. The molecule has 0 aliphatic rings. The van der Waals surface area contributed by atoms with E-state index in [0.29, 0.717) is 20.9 Å². The van der Waals surface area contributed by atoms with Gasteiger partial charge in [-0.15, -0.1) is 0 Å². The lowest BCUT2D eigenvalue weighted by Crippen LogP contribution is -1.93. The number of nitrogens with two attached hydrogens (primary N) is 1. The number of fused-ring (bicyclic) bond motifs is 1. The fraction of sp³-hybridized carbons (Fsp3) is 0. The zero-order chi connectivity index (χ0) is 11.0. The number of hydrogen-bond acceptors (Lipinski definition) is 3. The van der Waals surface area contributed by atoms with Crippen LogP contribution in [0.15, 0.2) is 34.8 Å². The molecule has 0 saturated heterocycles. The van der Waals surface area contributed by atoms with E-state index in [9.17, 15) is 10.1 Å². The maximum Gasteiger partial charge on any atom is 0.278 e. The molecule has 2 rings (SSSR count). The number of nitro benzene ring substituents is 1. The molecular weight excluding hydrogens is 260 g/mol. The van der Waals surface area contributed by atoms with Crippen molar-refractivity contribution >= 4 is 38.1 Å². The second kappa shape index (κ2) is 3.51. The number of nitro groups is 1. The van der Waals surface area contributed by atoms with Crippen molar-refractivity contribution in [2.45, 2.75) is 0 Å². The molecular formula is C10H7BrN2O2. The average Bonchev–Trinajstić information content (AvgIpc) is 2.19. The maximum absolute atomic E-state index is 10.8. The molecule has 0 fully saturated rings. The van der Waals surface area contributed by atoms with Crippen LogP contribution < -0.4 is 5.73 Å². The third kappa shape index (κ3) is 1.55. The number of hydrogen-bond donors (Lipinski definition) is 1.